The third kappa shape index (κ3) is 8.35. The number of guanidine groups is 1. The number of fused-ring (bicyclic) bond motifs is 1. The van der Waals surface area contributed by atoms with E-state index in [0.717, 1.165) is 68.0 Å². The average Bonchev–Trinajstić information content (AvgIpc) is 3.01. The van der Waals surface area contributed by atoms with Crippen molar-refractivity contribution in [3.8, 4) is 11.5 Å². The molecule has 1 aliphatic rings. The fourth-order valence-corrected chi connectivity index (χ4v) is 3.92. The Morgan fingerprint density at radius 3 is 2.61 bits per heavy atom. The molecule has 0 unspecified atom stereocenters. The van der Waals surface area contributed by atoms with Gasteiger partial charge in [-0.25, -0.2) is 0 Å². The van der Waals surface area contributed by atoms with Crippen LogP contribution in [-0.2, 0) is 25.8 Å². The first-order valence-electron chi connectivity index (χ1n) is 12.1. The molecule has 2 aromatic rings. The van der Waals surface area contributed by atoms with Gasteiger partial charge in [0.15, 0.2) is 17.5 Å². The lowest BCUT2D eigenvalue weighted by atomic mass is 10.1. The molecule has 0 saturated heterocycles. The van der Waals surface area contributed by atoms with Gasteiger partial charge in [0.25, 0.3) is 0 Å². The molecule has 2 N–H and O–H groups in total. The third-order valence-electron chi connectivity index (χ3n) is 5.45. The maximum absolute atomic E-state index is 5.74. The highest BCUT2D eigenvalue weighted by Crippen LogP contribution is 2.28. The van der Waals surface area contributed by atoms with E-state index in [4.69, 9.17) is 14.5 Å². The minimum absolute atomic E-state index is 0. The predicted octanol–water partition coefficient (Wildman–Crippen LogP) is 3.76. The van der Waals surface area contributed by atoms with Gasteiger partial charge in [-0.1, -0.05) is 12.5 Å². The number of aromatic nitrogens is 3. The van der Waals surface area contributed by atoms with E-state index in [9.17, 15) is 0 Å². The summed E-state index contributed by atoms with van der Waals surface area (Å²) in [6.07, 6.45) is 6.41. The molecule has 184 valence electrons. The van der Waals surface area contributed by atoms with Crippen molar-refractivity contribution in [2.24, 2.45) is 4.99 Å². The second-order valence-corrected chi connectivity index (χ2v) is 7.83. The van der Waals surface area contributed by atoms with E-state index in [1.807, 2.05) is 19.9 Å². The number of nitrogens with zero attached hydrogens (tertiary/aromatic N) is 4. The molecule has 0 saturated carbocycles. The van der Waals surface area contributed by atoms with E-state index in [1.165, 1.54) is 24.8 Å². The first-order chi connectivity index (χ1) is 15.7. The SMILES string of the molecule is CCNC(=NCCc1nnc2n1CCCCC2)NCCc1ccc(OCC)c(OCC)c1.I. The van der Waals surface area contributed by atoms with E-state index < -0.39 is 0 Å². The van der Waals surface area contributed by atoms with Crippen LogP contribution in [0.2, 0.25) is 0 Å². The number of aliphatic imine (C=N–C) groups is 1. The Balaban J connectivity index is 0.00000385. The molecular weight excluding hydrogens is 531 g/mol. The van der Waals surface area contributed by atoms with Crippen molar-refractivity contribution >= 4 is 29.9 Å². The van der Waals surface area contributed by atoms with Gasteiger partial charge in [0.05, 0.1) is 13.2 Å². The van der Waals surface area contributed by atoms with Crippen molar-refractivity contribution in [3.05, 3.63) is 35.4 Å². The minimum Gasteiger partial charge on any atom is -0.490 e. The largest absolute Gasteiger partial charge is 0.490 e. The van der Waals surface area contributed by atoms with Crippen molar-refractivity contribution in [2.45, 2.75) is 65.8 Å². The lowest BCUT2D eigenvalue weighted by molar-refractivity contribution is 0.287. The summed E-state index contributed by atoms with van der Waals surface area (Å²) in [4.78, 5) is 4.75. The average molecular weight is 571 g/mol. The molecule has 33 heavy (non-hydrogen) atoms. The topological polar surface area (TPSA) is 85.6 Å². The monoisotopic (exact) mass is 570 g/mol. The van der Waals surface area contributed by atoms with Gasteiger partial charge < -0.3 is 24.7 Å². The van der Waals surface area contributed by atoms with Crippen molar-refractivity contribution in [3.63, 3.8) is 0 Å². The Bertz CT molecular complexity index is 871. The molecule has 0 radical (unpaired) electrons. The van der Waals surface area contributed by atoms with Crippen LogP contribution in [0.1, 0.15) is 57.2 Å². The molecule has 0 spiro atoms. The number of benzene rings is 1. The summed E-state index contributed by atoms with van der Waals surface area (Å²) in [6.45, 7) is 10.6. The van der Waals surface area contributed by atoms with Gasteiger partial charge in [-0.3, -0.25) is 4.99 Å². The van der Waals surface area contributed by atoms with Crippen LogP contribution in [0.15, 0.2) is 23.2 Å². The molecule has 1 aromatic heterocycles. The summed E-state index contributed by atoms with van der Waals surface area (Å²) in [5, 5.41) is 15.6. The Kier molecular flexibility index (Phi) is 12.3. The van der Waals surface area contributed by atoms with Crippen LogP contribution in [0, 0.1) is 0 Å². The first kappa shape index (κ1) is 27.2. The molecule has 1 aliphatic heterocycles. The Morgan fingerprint density at radius 1 is 1.00 bits per heavy atom. The molecular formula is C24H39IN6O2. The van der Waals surface area contributed by atoms with Crippen LogP contribution in [0.5, 0.6) is 11.5 Å². The van der Waals surface area contributed by atoms with Crippen LogP contribution in [0.3, 0.4) is 0 Å². The lowest BCUT2D eigenvalue weighted by Crippen LogP contribution is -2.38. The fraction of sp³-hybridized carbons (Fsp3) is 0.625. The number of ether oxygens (including phenoxy) is 2. The van der Waals surface area contributed by atoms with Crippen LogP contribution in [-0.4, -0.2) is 53.6 Å². The second-order valence-electron chi connectivity index (χ2n) is 7.83. The molecule has 0 atom stereocenters. The minimum atomic E-state index is 0. The molecule has 2 heterocycles. The van der Waals surface area contributed by atoms with Crippen LogP contribution >= 0.6 is 24.0 Å². The first-order valence-corrected chi connectivity index (χ1v) is 12.1. The van der Waals surface area contributed by atoms with Crippen molar-refractivity contribution < 1.29 is 9.47 Å². The summed E-state index contributed by atoms with van der Waals surface area (Å²) in [5.74, 6) is 4.62. The number of hydrogen-bond donors (Lipinski definition) is 2. The Morgan fingerprint density at radius 2 is 1.82 bits per heavy atom. The lowest BCUT2D eigenvalue weighted by Gasteiger charge is -2.14. The predicted molar refractivity (Wildman–Crippen MR) is 143 cm³/mol. The summed E-state index contributed by atoms with van der Waals surface area (Å²) < 4.78 is 13.7. The maximum Gasteiger partial charge on any atom is 0.191 e. The van der Waals surface area contributed by atoms with Gasteiger partial charge in [0, 0.05) is 39.0 Å². The van der Waals surface area contributed by atoms with Gasteiger partial charge in [0.2, 0.25) is 0 Å². The van der Waals surface area contributed by atoms with Gasteiger partial charge in [-0.15, -0.1) is 34.2 Å². The van der Waals surface area contributed by atoms with Crippen LogP contribution in [0.4, 0.5) is 0 Å². The molecule has 9 heteroatoms. The molecule has 1 aromatic carbocycles. The highest BCUT2D eigenvalue weighted by atomic mass is 127. The molecule has 0 aliphatic carbocycles. The standard InChI is InChI=1S/C24H38N6O2.HI/c1-4-25-24(27-16-14-23-29-28-22-10-8-7-9-17-30(22)23)26-15-13-19-11-12-20(31-5-2)21(18-19)32-6-3;/h11-12,18H,4-10,13-17H2,1-3H3,(H2,25,26,27);1H. The summed E-state index contributed by atoms with van der Waals surface area (Å²) >= 11 is 0. The van der Waals surface area contributed by atoms with Crippen molar-refractivity contribution in [2.75, 3.05) is 32.8 Å². The smallest absolute Gasteiger partial charge is 0.191 e. The highest BCUT2D eigenvalue weighted by molar-refractivity contribution is 14.0. The number of rotatable bonds is 11. The molecule has 0 amide bonds. The van der Waals surface area contributed by atoms with E-state index in [1.54, 1.807) is 0 Å². The number of hydrogen-bond acceptors (Lipinski definition) is 5. The van der Waals surface area contributed by atoms with E-state index >= 15 is 0 Å². The molecule has 0 bridgehead atoms. The van der Waals surface area contributed by atoms with Crippen molar-refractivity contribution in [1.82, 2.24) is 25.4 Å². The zero-order valence-electron chi connectivity index (χ0n) is 20.2. The van der Waals surface area contributed by atoms with Crippen molar-refractivity contribution in [1.29, 1.82) is 0 Å². The van der Waals surface area contributed by atoms with Gasteiger partial charge in [-0.05, 0) is 57.7 Å². The van der Waals surface area contributed by atoms with Crippen LogP contribution < -0.4 is 20.1 Å². The Hall–Kier alpha value is -2.04. The summed E-state index contributed by atoms with van der Waals surface area (Å²) in [7, 11) is 0. The number of nitrogens with one attached hydrogen (secondary N) is 2. The zero-order valence-corrected chi connectivity index (χ0v) is 22.6. The van der Waals surface area contributed by atoms with E-state index in [0.29, 0.717) is 19.8 Å². The zero-order chi connectivity index (χ0) is 22.6. The van der Waals surface area contributed by atoms with Crippen LogP contribution in [0.25, 0.3) is 0 Å². The molecule has 0 fully saturated rings. The normalized spacial score (nSPS) is 13.5. The van der Waals surface area contributed by atoms with E-state index in [-0.39, 0.29) is 24.0 Å². The highest BCUT2D eigenvalue weighted by Gasteiger charge is 2.14. The molecule has 8 nitrogen and oxygen atoms in total. The molecule has 3 rings (SSSR count). The quantitative estimate of drug-likeness (QED) is 0.243. The van der Waals surface area contributed by atoms with E-state index in [2.05, 4.69) is 44.5 Å². The maximum atomic E-state index is 5.74. The summed E-state index contributed by atoms with van der Waals surface area (Å²) in [5.41, 5.74) is 1.20. The number of halogens is 1. The van der Waals surface area contributed by atoms with Gasteiger partial charge in [0.1, 0.15) is 11.6 Å². The second kappa shape index (κ2) is 15.0. The summed E-state index contributed by atoms with van der Waals surface area (Å²) in [6, 6.07) is 6.15. The fourth-order valence-electron chi connectivity index (χ4n) is 3.92. The third-order valence-corrected chi connectivity index (χ3v) is 5.45. The number of aryl methyl sites for hydroxylation is 1. The van der Waals surface area contributed by atoms with Gasteiger partial charge >= 0.3 is 0 Å². The van der Waals surface area contributed by atoms with Gasteiger partial charge in [-0.2, -0.15) is 0 Å². The Labute approximate surface area is 215 Å².